The minimum absolute atomic E-state index is 0.00882. The Balaban J connectivity index is 1.23. The van der Waals surface area contributed by atoms with E-state index >= 15 is 0 Å². The summed E-state index contributed by atoms with van der Waals surface area (Å²) in [6.45, 7) is 24.5. The first kappa shape index (κ1) is 38.1. The van der Waals surface area contributed by atoms with Crippen LogP contribution in [0.2, 0.25) is 0 Å². The first-order valence-electron chi connectivity index (χ1n) is 20.1. The van der Waals surface area contributed by atoms with Crippen molar-refractivity contribution >= 4 is 17.8 Å². The third-order valence-corrected chi connectivity index (χ3v) is 16.8. The maximum Gasteiger partial charge on any atom is 0.309 e. The number of ether oxygens (including phenoxy) is 1. The lowest BCUT2D eigenvalue weighted by molar-refractivity contribution is -0.250. The number of amides is 1. The molecule has 5 aliphatic rings. The van der Waals surface area contributed by atoms with Gasteiger partial charge in [0.25, 0.3) is 0 Å². The lowest BCUT2D eigenvalue weighted by atomic mass is 9.32. The quantitative estimate of drug-likeness (QED) is 0.197. The van der Waals surface area contributed by atoms with E-state index in [4.69, 9.17) is 4.74 Å². The van der Waals surface area contributed by atoms with Crippen molar-refractivity contribution in [1.82, 2.24) is 5.32 Å². The number of fused-ring (bicyclic) bond motifs is 7. The molecule has 6 heteroatoms. The molecule has 0 spiro atoms. The van der Waals surface area contributed by atoms with Gasteiger partial charge >= 0.3 is 11.9 Å². The number of rotatable bonds is 9. The van der Waals surface area contributed by atoms with E-state index in [1.807, 2.05) is 18.2 Å². The second kappa shape index (κ2) is 13.0. The summed E-state index contributed by atoms with van der Waals surface area (Å²) in [7, 11) is 0. The molecule has 0 bridgehead atoms. The van der Waals surface area contributed by atoms with Gasteiger partial charge in [-0.1, -0.05) is 77.1 Å². The van der Waals surface area contributed by atoms with Crippen molar-refractivity contribution in [1.29, 1.82) is 0 Å². The van der Waals surface area contributed by atoms with E-state index in [1.54, 1.807) is 13.8 Å². The van der Waals surface area contributed by atoms with Gasteiger partial charge in [-0.05, 0) is 149 Å². The first-order valence-corrected chi connectivity index (χ1v) is 20.1. The molecular formula is C45H67NO5. The van der Waals surface area contributed by atoms with Crippen molar-refractivity contribution in [2.45, 2.75) is 152 Å². The molecule has 51 heavy (non-hydrogen) atoms. The Kier molecular flexibility index (Phi) is 9.75. The van der Waals surface area contributed by atoms with Crippen LogP contribution < -0.4 is 5.32 Å². The number of esters is 1. The van der Waals surface area contributed by atoms with Crippen LogP contribution in [0.1, 0.15) is 151 Å². The summed E-state index contributed by atoms with van der Waals surface area (Å²) in [5, 5.41) is 13.0. The van der Waals surface area contributed by atoms with Crippen molar-refractivity contribution in [3.63, 3.8) is 0 Å². The highest BCUT2D eigenvalue weighted by Gasteiger charge is 2.71. The molecule has 0 radical (unpaired) electrons. The fourth-order valence-electron chi connectivity index (χ4n) is 13.9. The Morgan fingerprint density at radius 2 is 1.59 bits per heavy atom. The van der Waals surface area contributed by atoms with Crippen molar-refractivity contribution in [2.24, 2.45) is 62.1 Å². The van der Waals surface area contributed by atoms with Gasteiger partial charge in [0.15, 0.2) is 0 Å². The summed E-state index contributed by atoms with van der Waals surface area (Å²) >= 11 is 0. The summed E-state index contributed by atoms with van der Waals surface area (Å²) in [5.74, 6) is 1.36. The molecule has 0 unspecified atom stereocenters. The van der Waals surface area contributed by atoms with Gasteiger partial charge in [0.1, 0.15) is 6.10 Å². The minimum Gasteiger partial charge on any atom is -0.481 e. The lowest BCUT2D eigenvalue weighted by Crippen LogP contribution is -2.67. The van der Waals surface area contributed by atoms with E-state index in [0.29, 0.717) is 36.0 Å². The number of carbonyl (C=O) groups excluding carboxylic acids is 2. The van der Waals surface area contributed by atoms with Crippen molar-refractivity contribution < 1.29 is 24.2 Å². The smallest absolute Gasteiger partial charge is 0.309 e. The number of hydrogen-bond acceptors (Lipinski definition) is 4. The Bertz CT molecular complexity index is 1530. The number of carbonyl (C=O) groups is 3. The van der Waals surface area contributed by atoms with Gasteiger partial charge in [-0.25, -0.2) is 0 Å². The Labute approximate surface area is 308 Å². The summed E-state index contributed by atoms with van der Waals surface area (Å²) in [6.07, 6.45) is 11.4. The summed E-state index contributed by atoms with van der Waals surface area (Å²) in [4.78, 5) is 38.7. The molecule has 0 aromatic heterocycles. The van der Waals surface area contributed by atoms with Gasteiger partial charge in [0, 0.05) is 11.8 Å². The molecule has 1 aromatic carbocycles. The zero-order chi connectivity index (χ0) is 37.4. The molecule has 6 rings (SSSR count). The Morgan fingerprint density at radius 1 is 0.902 bits per heavy atom. The molecule has 11 atom stereocenters. The zero-order valence-electron chi connectivity index (χ0n) is 33.2. The number of benzene rings is 1. The van der Waals surface area contributed by atoms with Crippen LogP contribution in [0.3, 0.4) is 0 Å². The molecule has 5 fully saturated rings. The van der Waals surface area contributed by atoms with Gasteiger partial charge in [-0.3, -0.25) is 14.4 Å². The standard InChI is InChI=1S/C45H67NO5/c1-28(2)31-18-23-45(26-36(47)46-29(3)30-14-12-11-13-15-30)25-24-43(9)32(38(31)45)16-17-34-42(8)21-20-35(51-37(48)27-40(4,5)39(49)50)41(6,7)33(42)19-22-44(34,43)10/h11-15,29,31-35,38H,1,16-27H2,2-10H3,(H,46,47)(H,49,50)/t29-,31+,32-,33+,34-,35+,38-,42+,43-,44-,45-/m1/s1. The molecule has 282 valence electrons. The molecule has 1 amide bonds. The third-order valence-electron chi connectivity index (χ3n) is 16.8. The molecule has 5 saturated carbocycles. The van der Waals surface area contributed by atoms with Crippen LogP contribution in [0.25, 0.3) is 0 Å². The molecule has 5 aliphatic carbocycles. The van der Waals surface area contributed by atoms with Crippen LogP contribution in [0.15, 0.2) is 42.5 Å². The second-order valence-electron chi connectivity index (χ2n) is 20.1. The number of hydrogen-bond donors (Lipinski definition) is 2. The molecule has 1 aromatic rings. The minimum atomic E-state index is -1.14. The predicted octanol–water partition coefficient (Wildman–Crippen LogP) is 10.3. The number of allylic oxidation sites excluding steroid dienone is 1. The lowest BCUT2D eigenvalue weighted by Gasteiger charge is -2.73. The van der Waals surface area contributed by atoms with Crippen LogP contribution in [0.5, 0.6) is 0 Å². The molecular weight excluding hydrogens is 634 g/mol. The fourth-order valence-corrected chi connectivity index (χ4v) is 13.9. The van der Waals surface area contributed by atoms with E-state index in [2.05, 4.69) is 72.5 Å². The largest absolute Gasteiger partial charge is 0.481 e. The Hall–Kier alpha value is -2.63. The first-order chi connectivity index (χ1) is 23.7. The van der Waals surface area contributed by atoms with Gasteiger partial charge in [0.05, 0.1) is 17.9 Å². The molecule has 2 N–H and O–H groups in total. The average Bonchev–Trinajstić information content (AvgIpc) is 3.42. The second-order valence-corrected chi connectivity index (χ2v) is 20.1. The maximum atomic E-state index is 13.9. The van der Waals surface area contributed by atoms with E-state index < -0.39 is 17.4 Å². The van der Waals surface area contributed by atoms with E-state index in [0.717, 1.165) is 44.1 Å². The summed E-state index contributed by atoms with van der Waals surface area (Å²) in [6, 6.07) is 10.3. The van der Waals surface area contributed by atoms with E-state index in [1.165, 1.54) is 31.3 Å². The van der Waals surface area contributed by atoms with Crippen LogP contribution in [-0.2, 0) is 19.1 Å². The summed E-state index contributed by atoms with van der Waals surface area (Å²) in [5.41, 5.74) is 1.64. The predicted molar refractivity (Wildman–Crippen MR) is 202 cm³/mol. The zero-order valence-corrected chi connectivity index (χ0v) is 33.2. The Morgan fingerprint density at radius 3 is 2.24 bits per heavy atom. The highest BCUT2D eigenvalue weighted by atomic mass is 16.5. The normalized spacial score (nSPS) is 40.4. The molecule has 0 heterocycles. The average molecular weight is 702 g/mol. The number of aliphatic carboxylic acids is 1. The van der Waals surface area contributed by atoms with Gasteiger partial charge in [0.2, 0.25) is 5.91 Å². The molecule has 6 nitrogen and oxygen atoms in total. The van der Waals surface area contributed by atoms with Crippen LogP contribution in [0.4, 0.5) is 0 Å². The van der Waals surface area contributed by atoms with Gasteiger partial charge in [-0.15, -0.1) is 0 Å². The highest BCUT2D eigenvalue weighted by molar-refractivity contribution is 5.81. The van der Waals surface area contributed by atoms with E-state index in [9.17, 15) is 19.5 Å². The van der Waals surface area contributed by atoms with Crippen molar-refractivity contribution in [2.75, 3.05) is 0 Å². The third kappa shape index (κ3) is 6.11. The monoisotopic (exact) mass is 702 g/mol. The maximum absolute atomic E-state index is 13.9. The number of nitrogens with one attached hydrogen (secondary N) is 1. The SMILES string of the molecule is C=C(C)[C@@H]1CC[C@]2(CC(=O)N[C@H](C)c3ccccc3)CC[C@]3(C)[C@H](CC[C@@H]4[C@@]5(C)CC[C@H](OC(=O)CC(C)(C)C(=O)O)C(C)(C)[C@@H]5CC[C@]43C)[C@@H]12. The molecule has 0 saturated heterocycles. The van der Waals surface area contributed by atoms with E-state index in [-0.39, 0.29) is 51.5 Å². The molecule has 0 aliphatic heterocycles. The van der Waals surface area contributed by atoms with Crippen LogP contribution in [-0.4, -0.2) is 29.1 Å². The van der Waals surface area contributed by atoms with Crippen LogP contribution >= 0.6 is 0 Å². The fraction of sp³-hybridized carbons (Fsp3) is 0.756. The topological polar surface area (TPSA) is 92.7 Å². The van der Waals surface area contributed by atoms with Crippen molar-refractivity contribution in [3.8, 4) is 0 Å². The van der Waals surface area contributed by atoms with Crippen molar-refractivity contribution in [3.05, 3.63) is 48.0 Å². The van der Waals surface area contributed by atoms with Gasteiger partial charge < -0.3 is 15.2 Å². The number of carboxylic acid groups (broad SMARTS) is 1. The van der Waals surface area contributed by atoms with Gasteiger partial charge in [-0.2, -0.15) is 0 Å². The highest BCUT2D eigenvalue weighted by Crippen LogP contribution is 2.78. The summed E-state index contributed by atoms with van der Waals surface area (Å²) < 4.78 is 6.18. The number of carboxylic acids is 1. The van der Waals surface area contributed by atoms with Crippen LogP contribution in [0, 0.1) is 62.1 Å².